The molecule has 1 saturated heterocycles. The third-order valence-corrected chi connectivity index (χ3v) is 5.59. The molecule has 0 bridgehead atoms. The van der Waals surface area contributed by atoms with Crippen LogP contribution in [0.15, 0.2) is 64.8 Å². The molecule has 6 nitrogen and oxygen atoms in total. The van der Waals surface area contributed by atoms with E-state index in [1.165, 1.54) is 18.4 Å². The number of aliphatic hydroxyl groups excluding tert-OH is 1. The molecule has 2 aliphatic rings. The van der Waals surface area contributed by atoms with E-state index in [2.05, 4.69) is 0 Å². The predicted molar refractivity (Wildman–Crippen MR) is 110 cm³/mol. The molecule has 0 saturated carbocycles. The minimum Gasteiger partial charge on any atom is -0.507 e. The zero-order valence-corrected chi connectivity index (χ0v) is 16.8. The monoisotopic (exact) mass is 437 g/mol. The van der Waals surface area contributed by atoms with Crippen LogP contribution in [-0.2, 0) is 16.0 Å². The van der Waals surface area contributed by atoms with Gasteiger partial charge in [-0.1, -0.05) is 0 Å². The van der Waals surface area contributed by atoms with Gasteiger partial charge >= 0.3 is 0 Å². The van der Waals surface area contributed by atoms with E-state index in [0.29, 0.717) is 17.7 Å². The van der Waals surface area contributed by atoms with E-state index in [4.69, 9.17) is 9.15 Å². The zero-order valence-electron chi connectivity index (χ0n) is 16.8. The number of benzene rings is 2. The normalized spacial score (nSPS) is 21.7. The number of aliphatic hydroxyl groups is 1. The summed E-state index contributed by atoms with van der Waals surface area (Å²) in [5.74, 6) is -3.45. The van der Waals surface area contributed by atoms with E-state index in [0.717, 1.165) is 28.7 Å². The summed E-state index contributed by atoms with van der Waals surface area (Å²) < 4.78 is 39.5. The number of fused-ring (bicyclic) bond motifs is 1. The third-order valence-electron chi connectivity index (χ3n) is 5.59. The van der Waals surface area contributed by atoms with E-state index in [1.54, 1.807) is 18.2 Å². The highest BCUT2D eigenvalue weighted by molar-refractivity contribution is 6.51. The van der Waals surface area contributed by atoms with Gasteiger partial charge in [-0.2, -0.15) is 0 Å². The van der Waals surface area contributed by atoms with Crippen molar-refractivity contribution in [1.82, 2.24) is 0 Å². The molecule has 2 unspecified atom stereocenters. The second-order valence-electron chi connectivity index (χ2n) is 7.74. The number of halogens is 2. The van der Waals surface area contributed by atoms with Crippen molar-refractivity contribution >= 4 is 23.1 Å². The Labute approximate surface area is 181 Å². The first-order valence-electron chi connectivity index (χ1n) is 9.94. The number of carbonyl (C=O) groups is 2. The molecule has 0 spiro atoms. The van der Waals surface area contributed by atoms with Gasteiger partial charge in [-0.3, -0.25) is 14.5 Å². The molecule has 1 amide bonds. The van der Waals surface area contributed by atoms with Crippen molar-refractivity contribution in [2.75, 3.05) is 4.90 Å². The molecular formula is C24H17F2NO5. The van der Waals surface area contributed by atoms with E-state index in [9.17, 15) is 23.5 Å². The van der Waals surface area contributed by atoms with Gasteiger partial charge in [-0.25, -0.2) is 8.78 Å². The van der Waals surface area contributed by atoms with Crippen LogP contribution in [0.1, 0.15) is 29.9 Å². The van der Waals surface area contributed by atoms with Crippen molar-refractivity contribution in [2.24, 2.45) is 0 Å². The summed E-state index contributed by atoms with van der Waals surface area (Å²) in [6.07, 6.45) is 1.93. The van der Waals surface area contributed by atoms with Gasteiger partial charge in [0.15, 0.2) is 0 Å². The Morgan fingerprint density at radius 2 is 1.94 bits per heavy atom. The number of furan rings is 1. The van der Waals surface area contributed by atoms with Crippen molar-refractivity contribution in [2.45, 2.75) is 25.5 Å². The lowest BCUT2D eigenvalue weighted by molar-refractivity contribution is -0.132. The Hall–Kier alpha value is -3.94. The van der Waals surface area contributed by atoms with Crippen molar-refractivity contribution < 1.29 is 32.6 Å². The summed E-state index contributed by atoms with van der Waals surface area (Å²) in [4.78, 5) is 26.7. The first-order chi connectivity index (χ1) is 15.3. The average molecular weight is 437 g/mol. The van der Waals surface area contributed by atoms with E-state index >= 15 is 0 Å². The van der Waals surface area contributed by atoms with Crippen molar-refractivity contribution in [3.8, 4) is 5.75 Å². The van der Waals surface area contributed by atoms with Crippen molar-refractivity contribution in [3.05, 3.63) is 88.9 Å². The van der Waals surface area contributed by atoms with Crippen LogP contribution in [0.5, 0.6) is 5.75 Å². The second kappa shape index (κ2) is 7.33. The Balaban J connectivity index is 1.69. The van der Waals surface area contributed by atoms with Gasteiger partial charge in [0.1, 0.15) is 41.0 Å². The smallest absolute Gasteiger partial charge is 0.300 e. The van der Waals surface area contributed by atoms with Gasteiger partial charge in [0.2, 0.25) is 0 Å². The standard InChI is InChI=1S/C24H17F2NO5/c1-12-9-14-10-13(4-7-18(14)32-12)22(28)20-21(19-3-2-8-31-19)27(24(30)23(20)29)17-11-15(25)5-6-16(17)26/h2-8,10-12,21,28H,9H2,1H3/b22-20-. The van der Waals surface area contributed by atoms with Crippen molar-refractivity contribution in [1.29, 1.82) is 0 Å². The number of ether oxygens (including phenoxy) is 1. The number of ketones is 1. The first-order valence-corrected chi connectivity index (χ1v) is 9.94. The van der Waals surface area contributed by atoms with Crippen LogP contribution in [0, 0.1) is 11.6 Å². The fraction of sp³-hybridized carbons (Fsp3) is 0.167. The summed E-state index contributed by atoms with van der Waals surface area (Å²) in [5, 5.41) is 11.1. The van der Waals surface area contributed by atoms with Gasteiger partial charge in [0, 0.05) is 18.1 Å². The minimum absolute atomic E-state index is 0.0213. The van der Waals surface area contributed by atoms with Crippen LogP contribution in [0.3, 0.4) is 0 Å². The van der Waals surface area contributed by atoms with E-state index < -0.39 is 40.8 Å². The Bertz CT molecular complexity index is 1280. The molecule has 2 aromatic carbocycles. The summed E-state index contributed by atoms with van der Waals surface area (Å²) in [5.41, 5.74) is 0.446. The molecule has 2 aliphatic heterocycles. The molecule has 0 radical (unpaired) electrons. The number of anilines is 1. The molecule has 2 atom stereocenters. The molecule has 1 aromatic heterocycles. The second-order valence-corrected chi connectivity index (χ2v) is 7.74. The maximum absolute atomic E-state index is 14.6. The number of rotatable bonds is 3. The van der Waals surface area contributed by atoms with Gasteiger partial charge in [-0.15, -0.1) is 0 Å². The lowest BCUT2D eigenvalue weighted by Gasteiger charge is -2.23. The Morgan fingerprint density at radius 1 is 1.12 bits per heavy atom. The van der Waals surface area contributed by atoms with Crippen LogP contribution in [0.25, 0.3) is 5.76 Å². The fourth-order valence-corrected chi connectivity index (χ4v) is 4.19. The topological polar surface area (TPSA) is 80.0 Å². The minimum atomic E-state index is -1.27. The molecule has 1 fully saturated rings. The van der Waals surface area contributed by atoms with Gasteiger partial charge < -0.3 is 14.3 Å². The average Bonchev–Trinajstić information content (AvgIpc) is 3.47. The number of Topliss-reactive ketones (excluding diaryl/α,β-unsaturated/α-hetero) is 1. The van der Waals surface area contributed by atoms with Crippen LogP contribution < -0.4 is 9.64 Å². The number of carbonyl (C=O) groups excluding carboxylic acids is 2. The number of hydrogen-bond acceptors (Lipinski definition) is 5. The first kappa shape index (κ1) is 20.0. The summed E-state index contributed by atoms with van der Waals surface area (Å²) >= 11 is 0. The summed E-state index contributed by atoms with van der Waals surface area (Å²) in [6.45, 7) is 1.91. The highest BCUT2D eigenvalue weighted by Gasteiger charge is 2.49. The van der Waals surface area contributed by atoms with E-state index in [1.807, 2.05) is 6.92 Å². The van der Waals surface area contributed by atoms with E-state index in [-0.39, 0.29) is 17.4 Å². The molecule has 0 aliphatic carbocycles. The maximum Gasteiger partial charge on any atom is 0.300 e. The molecule has 162 valence electrons. The number of amides is 1. The molecule has 32 heavy (non-hydrogen) atoms. The maximum atomic E-state index is 14.6. The highest BCUT2D eigenvalue weighted by Crippen LogP contribution is 2.43. The van der Waals surface area contributed by atoms with Crippen LogP contribution >= 0.6 is 0 Å². The molecular weight excluding hydrogens is 420 g/mol. The molecule has 1 N–H and O–H groups in total. The molecule has 3 aromatic rings. The van der Waals surface area contributed by atoms with Gasteiger partial charge in [0.25, 0.3) is 11.7 Å². The van der Waals surface area contributed by atoms with Crippen molar-refractivity contribution in [3.63, 3.8) is 0 Å². The molecule has 5 rings (SSSR count). The third kappa shape index (κ3) is 3.07. The largest absolute Gasteiger partial charge is 0.507 e. The van der Waals surface area contributed by atoms with Gasteiger partial charge in [-0.05, 0) is 55.0 Å². The summed E-state index contributed by atoms with van der Waals surface area (Å²) in [6, 6.07) is 9.28. The predicted octanol–water partition coefficient (Wildman–Crippen LogP) is 4.51. The van der Waals surface area contributed by atoms with Crippen LogP contribution in [-0.4, -0.2) is 22.9 Å². The fourth-order valence-electron chi connectivity index (χ4n) is 4.19. The van der Waals surface area contributed by atoms with Crippen LogP contribution in [0.4, 0.5) is 14.5 Å². The van der Waals surface area contributed by atoms with Gasteiger partial charge in [0.05, 0.1) is 17.5 Å². The SMILES string of the molecule is CC1Cc2cc(/C(O)=C3/C(=O)C(=O)N(c4cc(F)ccc4F)C3c3ccco3)ccc2O1. The quantitative estimate of drug-likeness (QED) is 0.371. The lowest BCUT2D eigenvalue weighted by Crippen LogP contribution is -2.30. The zero-order chi connectivity index (χ0) is 22.6. The number of hydrogen-bond donors (Lipinski definition) is 1. The Morgan fingerprint density at radius 3 is 2.69 bits per heavy atom. The highest BCUT2D eigenvalue weighted by atomic mass is 19.1. The summed E-state index contributed by atoms with van der Waals surface area (Å²) in [7, 11) is 0. The lowest BCUT2D eigenvalue weighted by atomic mass is 9.97. The molecule has 3 heterocycles. The molecule has 8 heteroatoms. The van der Waals surface area contributed by atoms with Crippen LogP contribution in [0.2, 0.25) is 0 Å². The Kier molecular flexibility index (Phi) is 4.58. The number of nitrogens with zero attached hydrogens (tertiary/aromatic N) is 1.